The highest BCUT2D eigenvalue weighted by molar-refractivity contribution is 6.30. The maximum absolute atomic E-state index is 12.3. The van der Waals surface area contributed by atoms with Gasteiger partial charge in [-0.05, 0) is 23.6 Å². The van der Waals surface area contributed by atoms with Crippen LogP contribution in [0.15, 0.2) is 18.2 Å². The molecule has 23 heavy (non-hydrogen) atoms. The minimum absolute atomic E-state index is 0.0440. The van der Waals surface area contributed by atoms with E-state index < -0.39 is 0 Å². The molecule has 0 unspecified atom stereocenters. The third kappa shape index (κ3) is 5.40. The van der Waals surface area contributed by atoms with Gasteiger partial charge in [-0.2, -0.15) is 0 Å². The minimum atomic E-state index is 0.0440. The number of hydrogen-bond acceptors (Lipinski definition) is 3. The first-order valence-corrected chi connectivity index (χ1v) is 8.49. The van der Waals surface area contributed by atoms with Gasteiger partial charge < -0.3 is 9.64 Å². The first kappa shape index (κ1) is 18.1. The molecule has 1 heterocycles. The molecule has 0 aliphatic carbocycles. The lowest BCUT2D eigenvalue weighted by Gasteiger charge is -2.36. The lowest BCUT2D eigenvalue weighted by molar-refractivity contribution is -0.134. The van der Waals surface area contributed by atoms with Crippen LogP contribution in [0.5, 0.6) is 5.75 Å². The molecule has 5 heteroatoms. The van der Waals surface area contributed by atoms with E-state index in [0.717, 1.165) is 49.1 Å². The van der Waals surface area contributed by atoms with Crippen LogP contribution in [0.3, 0.4) is 0 Å². The summed E-state index contributed by atoms with van der Waals surface area (Å²) in [6, 6.07) is 5.70. The zero-order valence-electron chi connectivity index (χ0n) is 14.6. The summed E-state index contributed by atoms with van der Waals surface area (Å²) in [7, 11) is 1.68. The molecule has 1 fully saturated rings. The molecule has 0 radical (unpaired) electrons. The Balaban J connectivity index is 1.90. The molecule has 1 aromatic carbocycles. The normalized spacial score (nSPS) is 16.5. The standard InChI is InChI=1S/C18H27ClN2O2/c1-18(2,3)12-17(22)21-9-7-20(8-10-21)13-14-11-15(19)5-6-16(14)23-4/h5-6,11H,7-10,12-13H2,1-4H3. The van der Waals surface area contributed by atoms with Gasteiger partial charge in [-0.25, -0.2) is 0 Å². The van der Waals surface area contributed by atoms with Crippen molar-refractivity contribution in [3.8, 4) is 5.75 Å². The first-order chi connectivity index (χ1) is 10.8. The number of methoxy groups -OCH3 is 1. The van der Waals surface area contributed by atoms with E-state index in [1.807, 2.05) is 23.1 Å². The number of rotatable bonds is 4. The van der Waals surface area contributed by atoms with Crippen LogP contribution in [0.4, 0.5) is 0 Å². The second-order valence-electron chi connectivity index (χ2n) is 7.35. The SMILES string of the molecule is COc1ccc(Cl)cc1CN1CCN(C(=O)CC(C)(C)C)CC1. The molecule has 0 aromatic heterocycles. The summed E-state index contributed by atoms with van der Waals surface area (Å²) in [5.74, 6) is 1.12. The Hall–Kier alpha value is -1.26. The molecule has 1 aliphatic heterocycles. The molecule has 2 rings (SSSR count). The van der Waals surface area contributed by atoms with Gasteiger partial charge in [-0.1, -0.05) is 32.4 Å². The van der Waals surface area contributed by atoms with E-state index >= 15 is 0 Å². The number of carbonyl (C=O) groups excluding carboxylic acids is 1. The van der Waals surface area contributed by atoms with Crippen molar-refractivity contribution in [1.29, 1.82) is 0 Å². The molecule has 1 aromatic rings. The van der Waals surface area contributed by atoms with Gasteiger partial charge in [0.25, 0.3) is 0 Å². The smallest absolute Gasteiger partial charge is 0.223 e. The van der Waals surface area contributed by atoms with Crippen molar-refractivity contribution in [3.05, 3.63) is 28.8 Å². The van der Waals surface area contributed by atoms with E-state index in [1.165, 1.54) is 0 Å². The molecule has 1 aliphatic rings. The van der Waals surface area contributed by atoms with Crippen LogP contribution in [-0.4, -0.2) is 49.0 Å². The fraction of sp³-hybridized carbons (Fsp3) is 0.611. The van der Waals surface area contributed by atoms with E-state index in [9.17, 15) is 4.79 Å². The Kier molecular flexibility index (Phi) is 5.93. The van der Waals surface area contributed by atoms with Crippen LogP contribution in [0.25, 0.3) is 0 Å². The average molecular weight is 339 g/mol. The van der Waals surface area contributed by atoms with Gasteiger partial charge in [0, 0.05) is 49.7 Å². The van der Waals surface area contributed by atoms with E-state index in [2.05, 4.69) is 25.7 Å². The highest BCUT2D eigenvalue weighted by Crippen LogP contribution is 2.25. The van der Waals surface area contributed by atoms with Crippen LogP contribution in [-0.2, 0) is 11.3 Å². The van der Waals surface area contributed by atoms with Crippen LogP contribution >= 0.6 is 11.6 Å². The number of benzene rings is 1. The first-order valence-electron chi connectivity index (χ1n) is 8.11. The molecule has 4 nitrogen and oxygen atoms in total. The van der Waals surface area contributed by atoms with Gasteiger partial charge in [0.1, 0.15) is 5.75 Å². The largest absolute Gasteiger partial charge is 0.496 e. The summed E-state index contributed by atoms with van der Waals surface area (Å²) in [6.07, 6.45) is 0.606. The number of amides is 1. The van der Waals surface area contributed by atoms with Crippen molar-refractivity contribution in [3.63, 3.8) is 0 Å². The van der Waals surface area contributed by atoms with E-state index in [4.69, 9.17) is 16.3 Å². The Morgan fingerprint density at radius 2 is 1.87 bits per heavy atom. The average Bonchev–Trinajstić information content (AvgIpc) is 2.46. The number of piperazine rings is 1. The number of nitrogens with zero attached hydrogens (tertiary/aromatic N) is 2. The van der Waals surface area contributed by atoms with Gasteiger partial charge in [0.2, 0.25) is 5.91 Å². The Morgan fingerprint density at radius 1 is 1.22 bits per heavy atom. The third-order valence-electron chi connectivity index (χ3n) is 4.04. The maximum atomic E-state index is 12.3. The predicted octanol–water partition coefficient (Wildman–Crippen LogP) is 3.43. The molecule has 0 bridgehead atoms. The van der Waals surface area contributed by atoms with E-state index in [0.29, 0.717) is 6.42 Å². The number of ether oxygens (including phenoxy) is 1. The lowest BCUT2D eigenvalue weighted by atomic mass is 9.91. The number of hydrogen-bond donors (Lipinski definition) is 0. The molecule has 0 spiro atoms. The van der Waals surface area contributed by atoms with Crippen molar-refractivity contribution < 1.29 is 9.53 Å². The third-order valence-corrected chi connectivity index (χ3v) is 4.28. The van der Waals surface area contributed by atoms with Crippen molar-refractivity contribution in [2.24, 2.45) is 5.41 Å². The van der Waals surface area contributed by atoms with Crippen molar-refractivity contribution >= 4 is 17.5 Å². The summed E-state index contributed by atoms with van der Waals surface area (Å²) < 4.78 is 5.41. The molecule has 0 N–H and O–H groups in total. The second kappa shape index (κ2) is 7.54. The lowest BCUT2D eigenvalue weighted by Crippen LogP contribution is -2.48. The number of halogens is 1. The predicted molar refractivity (Wildman–Crippen MR) is 93.9 cm³/mol. The summed E-state index contributed by atoms with van der Waals surface area (Å²) >= 11 is 6.09. The van der Waals surface area contributed by atoms with Crippen LogP contribution in [0, 0.1) is 5.41 Å². The maximum Gasteiger partial charge on any atom is 0.223 e. The molecular formula is C18H27ClN2O2. The van der Waals surface area contributed by atoms with Gasteiger partial charge in [0.15, 0.2) is 0 Å². The zero-order chi connectivity index (χ0) is 17.0. The number of carbonyl (C=O) groups is 1. The van der Waals surface area contributed by atoms with Crippen LogP contribution < -0.4 is 4.74 Å². The molecule has 1 saturated heterocycles. The summed E-state index contributed by atoms with van der Waals surface area (Å²) in [4.78, 5) is 16.6. The zero-order valence-corrected chi connectivity index (χ0v) is 15.3. The van der Waals surface area contributed by atoms with Crippen LogP contribution in [0.2, 0.25) is 5.02 Å². The Bertz CT molecular complexity index is 546. The quantitative estimate of drug-likeness (QED) is 0.843. The minimum Gasteiger partial charge on any atom is -0.496 e. The Morgan fingerprint density at radius 3 is 2.43 bits per heavy atom. The summed E-state index contributed by atoms with van der Waals surface area (Å²) in [6.45, 7) is 10.4. The van der Waals surface area contributed by atoms with E-state index in [1.54, 1.807) is 7.11 Å². The second-order valence-corrected chi connectivity index (χ2v) is 7.79. The topological polar surface area (TPSA) is 32.8 Å². The Labute approximate surface area is 144 Å². The molecule has 1 amide bonds. The van der Waals surface area contributed by atoms with Gasteiger partial charge in [-0.3, -0.25) is 9.69 Å². The van der Waals surface area contributed by atoms with Crippen molar-refractivity contribution in [1.82, 2.24) is 9.80 Å². The molecule has 0 atom stereocenters. The monoisotopic (exact) mass is 338 g/mol. The summed E-state index contributed by atoms with van der Waals surface area (Å²) in [5.41, 5.74) is 1.14. The van der Waals surface area contributed by atoms with Gasteiger partial charge in [0.05, 0.1) is 7.11 Å². The summed E-state index contributed by atoms with van der Waals surface area (Å²) in [5, 5.41) is 0.722. The van der Waals surface area contributed by atoms with Crippen molar-refractivity contribution in [2.75, 3.05) is 33.3 Å². The highest BCUT2D eigenvalue weighted by atomic mass is 35.5. The molecular weight excluding hydrogens is 312 g/mol. The highest BCUT2D eigenvalue weighted by Gasteiger charge is 2.25. The molecule has 0 saturated carbocycles. The van der Waals surface area contributed by atoms with Gasteiger partial charge >= 0.3 is 0 Å². The fourth-order valence-electron chi connectivity index (χ4n) is 2.83. The van der Waals surface area contributed by atoms with Crippen LogP contribution in [0.1, 0.15) is 32.8 Å². The van der Waals surface area contributed by atoms with Crippen molar-refractivity contribution in [2.45, 2.75) is 33.7 Å². The molecule has 128 valence electrons. The van der Waals surface area contributed by atoms with Gasteiger partial charge in [-0.15, -0.1) is 0 Å². The van der Waals surface area contributed by atoms with E-state index in [-0.39, 0.29) is 11.3 Å². The fourth-order valence-corrected chi connectivity index (χ4v) is 3.03.